The van der Waals surface area contributed by atoms with Crippen LogP contribution in [0.25, 0.3) is 0 Å². The summed E-state index contributed by atoms with van der Waals surface area (Å²) >= 11 is 0. The molecule has 2 aromatic rings. The van der Waals surface area contributed by atoms with Gasteiger partial charge in [0.25, 0.3) is 0 Å². The number of aliphatic hydroxyl groups is 1. The highest BCUT2D eigenvalue weighted by Crippen LogP contribution is 2.27. The Hall–Kier alpha value is -1.98. The Balaban J connectivity index is 1.60. The van der Waals surface area contributed by atoms with E-state index in [0.717, 1.165) is 23.2 Å². The molecule has 4 nitrogen and oxygen atoms in total. The fourth-order valence-electron chi connectivity index (χ4n) is 2.79. The van der Waals surface area contributed by atoms with Crippen molar-refractivity contribution in [3.63, 3.8) is 0 Å². The van der Waals surface area contributed by atoms with Crippen molar-refractivity contribution in [3.8, 4) is 0 Å². The molecule has 1 heterocycles. The summed E-state index contributed by atoms with van der Waals surface area (Å²) < 4.78 is 12.3. The van der Waals surface area contributed by atoms with Crippen LogP contribution in [0, 0.1) is 0 Å². The van der Waals surface area contributed by atoms with Gasteiger partial charge in [-0.25, -0.2) is 0 Å². The van der Waals surface area contributed by atoms with Crippen molar-refractivity contribution >= 4 is 22.4 Å². The fourth-order valence-corrected chi connectivity index (χ4v) is 3.89. The lowest BCUT2D eigenvalue weighted by Crippen LogP contribution is -2.33. The number of benzene rings is 2. The zero-order chi connectivity index (χ0) is 16.2. The third-order valence-electron chi connectivity index (χ3n) is 4.01. The summed E-state index contributed by atoms with van der Waals surface area (Å²) in [5, 5.41) is 9.02. The Labute approximate surface area is 138 Å². The van der Waals surface area contributed by atoms with Crippen molar-refractivity contribution in [2.24, 2.45) is 0 Å². The van der Waals surface area contributed by atoms with Gasteiger partial charge in [0.15, 0.2) is 0 Å². The maximum Gasteiger partial charge on any atom is 0.239 e. The Morgan fingerprint density at radius 3 is 2.52 bits per heavy atom. The molecule has 0 aliphatic carbocycles. The molecule has 1 atom stereocenters. The zero-order valence-corrected chi connectivity index (χ0v) is 13.6. The fraction of sp³-hybridized carbons (Fsp3) is 0.278. The lowest BCUT2D eigenvalue weighted by molar-refractivity contribution is -0.116. The SMILES string of the molecule is O=C(CS(=O)Cc1ccc(CO)cc1)N1CCc2ccccc21. The minimum Gasteiger partial charge on any atom is -0.392 e. The number of hydrogen-bond donors (Lipinski definition) is 1. The van der Waals surface area contributed by atoms with Crippen molar-refractivity contribution in [1.29, 1.82) is 0 Å². The van der Waals surface area contributed by atoms with Crippen LogP contribution in [0.4, 0.5) is 5.69 Å². The third kappa shape index (κ3) is 3.68. The highest BCUT2D eigenvalue weighted by Gasteiger charge is 2.25. The number of aliphatic hydroxyl groups excluding tert-OH is 1. The molecule has 0 spiro atoms. The molecule has 5 heteroatoms. The first-order valence-corrected chi connectivity index (χ1v) is 9.08. The number of rotatable bonds is 5. The molecule has 0 radical (unpaired) electrons. The molecule has 0 bridgehead atoms. The van der Waals surface area contributed by atoms with Crippen molar-refractivity contribution < 1.29 is 14.1 Å². The van der Waals surface area contributed by atoms with Gasteiger partial charge in [-0.2, -0.15) is 0 Å². The standard InChI is InChI=1S/C18H19NO3S/c20-11-14-5-7-15(8-6-14)12-23(22)13-18(21)19-10-9-16-3-1-2-4-17(16)19/h1-8,20H,9-13H2. The smallest absolute Gasteiger partial charge is 0.239 e. The number of para-hydroxylation sites is 1. The summed E-state index contributed by atoms with van der Waals surface area (Å²) in [7, 11) is -1.24. The van der Waals surface area contributed by atoms with E-state index in [-0.39, 0.29) is 18.3 Å². The Kier molecular flexibility index (Phi) is 4.88. The summed E-state index contributed by atoms with van der Waals surface area (Å²) in [6.07, 6.45) is 0.858. The Bertz CT molecular complexity index is 727. The molecule has 0 saturated heterocycles. The second-order valence-electron chi connectivity index (χ2n) is 5.63. The van der Waals surface area contributed by atoms with Crippen molar-refractivity contribution in [1.82, 2.24) is 0 Å². The average molecular weight is 329 g/mol. The first-order valence-electron chi connectivity index (χ1n) is 7.59. The number of carbonyl (C=O) groups is 1. The largest absolute Gasteiger partial charge is 0.392 e. The molecule has 1 amide bonds. The van der Waals surface area contributed by atoms with Gasteiger partial charge in [0, 0.05) is 28.8 Å². The normalized spacial score (nSPS) is 14.6. The molecule has 23 heavy (non-hydrogen) atoms. The number of hydrogen-bond acceptors (Lipinski definition) is 3. The first-order chi connectivity index (χ1) is 11.2. The Morgan fingerprint density at radius 2 is 1.78 bits per heavy atom. The maximum absolute atomic E-state index is 12.4. The minimum absolute atomic E-state index is 0.00375. The molecule has 2 aromatic carbocycles. The van der Waals surface area contributed by atoms with E-state index in [9.17, 15) is 9.00 Å². The highest BCUT2D eigenvalue weighted by atomic mass is 32.2. The van der Waals surface area contributed by atoms with Crippen LogP contribution in [0.5, 0.6) is 0 Å². The van der Waals surface area contributed by atoms with E-state index in [2.05, 4.69) is 0 Å². The van der Waals surface area contributed by atoms with Gasteiger partial charge >= 0.3 is 0 Å². The second kappa shape index (κ2) is 7.06. The lowest BCUT2D eigenvalue weighted by atomic mass is 10.2. The number of anilines is 1. The summed E-state index contributed by atoms with van der Waals surface area (Å²) in [6, 6.07) is 15.2. The number of fused-ring (bicyclic) bond motifs is 1. The average Bonchev–Trinajstić information content (AvgIpc) is 2.99. The van der Waals surface area contributed by atoms with Crippen molar-refractivity contribution in [2.45, 2.75) is 18.8 Å². The molecule has 1 unspecified atom stereocenters. The van der Waals surface area contributed by atoms with Crippen LogP contribution >= 0.6 is 0 Å². The van der Waals surface area contributed by atoms with Crippen LogP contribution in [0.2, 0.25) is 0 Å². The molecule has 0 saturated carbocycles. The summed E-state index contributed by atoms with van der Waals surface area (Å²) in [4.78, 5) is 14.1. The van der Waals surface area contributed by atoms with E-state index in [4.69, 9.17) is 5.11 Å². The lowest BCUT2D eigenvalue weighted by Gasteiger charge is -2.17. The third-order valence-corrected chi connectivity index (χ3v) is 5.23. The molecular weight excluding hydrogens is 310 g/mol. The van der Waals surface area contributed by atoms with Crippen LogP contribution in [0.15, 0.2) is 48.5 Å². The van der Waals surface area contributed by atoms with E-state index in [1.54, 1.807) is 4.90 Å². The molecule has 0 aromatic heterocycles. The predicted molar refractivity (Wildman–Crippen MR) is 91.6 cm³/mol. The van der Waals surface area contributed by atoms with Gasteiger partial charge in [0.05, 0.1) is 6.61 Å². The highest BCUT2D eigenvalue weighted by molar-refractivity contribution is 7.84. The summed E-state index contributed by atoms with van der Waals surface area (Å²) in [5.74, 6) is 0.309. The van der Waals surface area contributed by atoms with Gasteiger partial charge in [0.2, 0.25) is 5.91 Å². The van der Waals surface area contributed by atoms with Crippen LogP contribution in [0.3, 0.4) is 0 Å². The van der Waals surface area contributed by atoms with E-state index < -0.39 is 10.8 Å². The predicted octanol–water partition coefficient (Wildman–Crippen LogP) is 2.02. The van der Waals surface area contributed by atoms with Crippen LogP contribution in [0.1, 0.15) is 16.7 Å². The zero-order valence-electron chi connectivity index (χ0n) is 12.8. The first kappa shape index (κ1) is 15.9. The van der Waals surface area contributed by atoms with Gasteiger partial charge in [-0.15, -0.1) is 0 Å². The summed E-state index contributed by atoms with van der Waals surface area (Å²) in [5.41, 5.74) is 3.85. The topological polar surface area (TPSA) is 57.6 Å². The van der Waals surface area contributed by atoms with Gasteiger partial charge < -0.3 is 10.0 Å². The van der Waals surface area contributed by atoms with E-state index >= 15 is 0 Å². The van der Waals surface area contributed by atoms with E-state index in [0.29, 0.717) is 12.3 Å². The number of carbonyl (C=O) groups excluding carboxylic acids is 1. The molecular formula is C18H19NO3S. The molecule has 1 aliphatic rings. The van der Waals surface area contributed by atoms with Gasteiger partial charge in [-0.05, 0) is 29.2 Å². The Morgan fingerprint density at radius 1 is 1.09 bits per heavy atom. The van der Waals surface area contributed by atoms with Gasteiger partial charge in [-0.1, -0.05) is 42.5 Å². The molecule has 120 valence electrons. The second-order valence-corrected chi connectivity index (χ2v) is 7.08. The van der Waals surface area contributed by atoms with Crippen molar-refractivity contribution in [3.05, 3.63) is 65.2 Å². The van der Waals surface area contributed by atoms with Gasteiger partial charge in [0.1, 0.15) is 5.75 Å². The van der Waals surface area contributed by atoms with Crippen LogP contribution in [-0.2, 0) is 34.4 Å². The molecule has 0 fully saturated rings. The monoisotopic (exact) mass is 329 g/mol. The molecule has 1 N–H and O–H groups in total. The van der Waals surface area contributed by atoms with Crippen LogP contribution in [-0.4, -0.2) is 27.5 Å². The molecule has 1 aliphatic heterocycles. The minimum atomic E-state index is -1.24. The number of amides is 1. The van der Waals surface area contributed by atoms with Crippen molar-refractivity contribution in [2.75, 3.05) is 17.2 Å². The van der Waals surface area contributed by atoms with Gasteiger partial charge in [-0.3, -0.25) is 9.00 Å². The maximum atomic E-state index is 12.4. The molecule has 3 rings (SSSR count). The van der Waals surface area contributed by atoms with E-state index in [1.165, 1.54) is 5.56 Å². The van der Waals surface area contributed by atoms with E-state index in [1.807, 2.05) is 48.5 Å². The summed E-state index contributed by atoms with van der Waals surface area (Å²) in [6.45, 7) is 0.663. The number of nitrogens with zero attached hydrogens (tertiary/aromatic N) is 1. The quantitative estimate of drug-likeness (QED) is 0.913. The van der Waals surface area contributed by atoms with Crippen LogP contribution < -0.4 is 4.90 Å².